The fourth-order valence-electron chi connectivity index (χ4n) is 2.26. The predicted molar refractivity (Wildman–Crippen MR) is 94.4 cm³/mol. The Labute approximate surface area is 138 Å². The van der Waals surface area contributed by atoms with Gasteiger partial charge >= 0.3 is 0 Å². The highest BCUT2D eigenvalue weighted by Gasteiger charge is 2.30. The number of ether oxygens (including phenoxy) is 1. The van der Waals surface area contributed by atoms with E-state index >= 15 is 0 Å². The van der Waals surface area contributed by atoms with Gasteiger partial charge in [0.05, 0.1) is 12.6 Å². The average Bonchev–Trinajstić information content (AvgIpc) is 2.46. The van der Waals surface area contributed by atoms with Crippen molar-refractivity contribution in [2.24, 2.45) is 0 Å². The molecule has 0 bridgehead atoms. The van der Waals surface area contributed by atoms with E-state index in [1.165, 1.54) is 0 Å². The summed E-state index contributed by atoms with van der Waals surface area (Å²) in [6.45, 7) is 9.83. The molecule has 0 fully saturated rings. The van der Waals surface area contributed by atoms with Gasteiger partial charge < -0.3 is 4.74 Å². The molecule has 0 aliphatic heterocycles. The molecule has 0 N–H and O–H groups in total. The van der Waals surface area contributed by atoms with E-state index in [9.17, 15) is 4.79 Å². The second-order valence-electron chi connectivity index (χ2n) is 5.20. The van der Waals surface area contributed by atoms with Crippen LogP contribution < -0.4 is 4.74 Å². The predicted octanol–water partition coefficient (Wildman–Crippen LogP) is 3.98. The smallest absolute Gasteiger partial charge is 0.175 e. The van der Waals surface area contributed by atoms with Crippen LogP contribution in [0.3, 0.4) is 0 Å². The van der Waals surface area contributed by atoms with Gasteiger partial charge in [0.25, 0.3) is 0 Å². The Bertz CT molecular complexity index is 462. The van der Waals surface area contributed by atoms with Crippen LogP contribution in [-0.4, -0.2) is 36.4 Å². The maximum absolute atomic E-state index is 12.4. The van der Waals surface area contributed by atoms with Crippen molar-refractivity contribution in [3.8, 4) is 5.75 Å². The normalized spacial score (nSPS) is 11.5. The summed E-state index contributed by atoms with van der Waals surface area (Å²) >= 11 is 0. The molecule has 0 atom stereocenters. The molecule has 118 valence electrons. The number of halogens is 1. The van der Waals surface area contributed by atoms with E-state index in [2.05, 4.69) is 18.7 Å². The van der Waals surface area contributed by atoms with Gasteiger partial charge in [0.15, 0.2) is 5.78 Å². The highest BCUT2D eigenvalue weighted by molar-refractivity contribution is 8.93. The molecule has 3 nitrogen and oxygen atoms in total. The lowest BCUT2D eigenvalue weighted by Crippen LogP contribution is -2.49. The maximum atomic E-state index is 12.4. The Morgan fingerprint density at radius 1 is 1.19 bits per heavy atom. The van der Waals surface area contributed by atoms with Crippen LogP contribution >= 0.6 is 17.0 Å². The summed E-state index contributed by atoms with van der Waals surface area (Å²) in [4.78, 5) is 14.5. The Balaban J connectivity index is 0.00000400. The van der Waals surface area contributed by atoms with Gasteiger partial charge in [-0.15, -0.1) is 17.0 Å². The van der Waals surface area contributed by atoms with E-state index in [0.717, 1.165) is 24.4 Å². The molecular formula is C17H26BrNO2. The molecule has 4 heteroatoms. The van der Waals surface area contributed by atoms with Gasteiger partial charge in [0.1, 0.15) is 5.75 Å². The van der Waals surface area contributed by atoms with Crippen LogP contribution in [0.4, 0.5) is 0 Å². The molecule has 0 saturated carbocycles. The van der Waals surface area contributed by atoms with Crippen molar-refractivity contribution < 1.29 is 9.53 Å². The summed E-state index contributed by atoms with van der Waals surface area (Å²) in [7, 11) is 1.64. The number of carbonyl (C=O) groups is 1. The Morgan fingerprint density at radius 2 is 1.71 bits per heavy atom. The quantitative estimate of drug-likeness (QED) is 0.693. The van der Waals surface area contributed by atoms with Gasteiger partial charge in [-0.2, -0.15) is 0 Å². The third kappa shape index (κ3) is 5.29. The number of methoxy groups -OCH3 is 1. The first kappa shape index (κ1) is 19.9. The first-order chi connectivity index (χ1) is 9.45. The average molecular weight is 356 g/mol. The molecule has 0 heterocycles. The summed E-state index contributed by atoms with van der Waals surface area (Å²) in [5.74, 6) is 0.939. The summed E-state index contributed by atoms with van der Waals surface area (Å²) in [5.41, 5.74) is 0.529. The van der Waals surface area contributed by atoms with Crippen molar-refractivity contribution in [1.29, 1.82) is 0 Å². The molecule has 1 rings (SSSR count). The topological polar surface area (TPSA) is 29.5 Å². The molecule has 0 amide bonds. The first-order valence-corrected chi connectivity index (χ1v) is 7.07. The highest BCUT2D eigenvalue weighted by Crippen LogP contribution is 2.17. The summed E-state index contributed by atoms with van der Waals surface area (Å²) in [5, 5.41) is 0. The number of benzene rings is 1. The van der Waals surface area contributed by atoms with Crippen molar-refractivity contribution >= 4 is 28.8 Å². The molecule has 0 unspecified atom stereocenters. The number of likely N-dealkylation sites (N-methyl/N-ethyl adjacent to an activating group) is 1. The van der Waals surface area contributed by atoms with E-state index < -0.39 is 5.54 Å². The Morgan fingerprint density at radius 3 is 2.14 bits per heavy atom. The minimum Gasteiger partial charge on any atom is -0.497 e. The molecule has 1 aromatic rings. The first-order valence-electron chi connectivity index (χ1n) is 7.07. The van der Waals surface area contributed by atoms with Gasteiger partial charge in [-0.05, 0) is 50.7 Å². The van der Waals surface area contributed by atoms with E-state index in [1.807, 2.05) is 44.2 Å². The van der Waals surface area contributed by atoms with Crippen molar-refractivity contribution in [2.45, 2.75) is 33.2 Å². The van der Waals surface area contributed by atoms with Gasteiger partial charge in [-0.25, -0.2) is 0 Å². The molecule has 0 radical (unpaired) electrons. The molecule has 0 aromatic heterocycles. The van der Waals surface area contributed by atoms with Crippen LogP contribution in [0.1, 0.15) is 33.3 Å². The van der Waals surface area contributed by atoms with E-state index in [-0.39, 0.29) is 22.8 Å². The Kier molecular flexibility index (Phi) is 8.52. The minimum atomic E-state index is -0.466. The van der Waals surface area contributed by atoms with Crippen LogP contribution in [0.15, 0.2) is 30.3 Å². The van der Waals surface area contributed by atoms with E-state index in [0.29, 0.717) is 0 Å². The van der Waals surface area contributed by atoms with Gasteiger partial charge in [-0.1, -0.05) is 32.1 Å². The standard InChI is InChI=1S/C17H25NO2.BrH/c1-6-18(7-2)17(3,4)16(19)13-10-14-8-11-15(20-5)12-9-14;/h8-13H,6-7H2,1-5H3;1H. The van der Waals surface area contributed by atoms with Crippen LogP contribution in [0.25, 0.3) is 6.08 Å². The van der Waals surface area contributed by atoms with Crippen molar-refractivity contribution in [2.75, 3.05) is 20.2 Å². The number of nitrogens with zero attached hydrogens (tertiary/aromatic N) is 1. The fraction of sp³-hybridized carbons (Fsp3) is 0.471. The van der Waals surface area contributed by atoms with Crippen LogP contribution in [0, 0.1) is 0 Å². The zero-order valence-corrected chi connectivity index (χ0v) is 15.3. The van der Waals surface area contributed by atoms with Gasteiger partial charge in [0.2, 0.25) is 0 Å². The lowest BCUT2D eigenvalue weighted by molar-refractivity contribution is -0.124. The largest absolute Gasteiger partial charge is 0.497 e. The van der Waals surface area contributed by atoms with Crippen LogP contribution in [-0.2, 0) is 4.79 Å². The summed E-state index contributed by atoms with van der Waals surface area (Å²) in [6.07, 6.45) is 3.52. The third-order valence-corrected chi connectivity index (χ3v) is 3.70. The molecular weight excluding hydrogens is 330 g/mol. The molecule has 0 spiro atoms. The van der Waals surface area contributed by atoms with E-state index in [4.69, 9.17) is 4.74 Å². The lowest BCUT2D eigenvalue weighted by Gasteiger charge is -2.34. The monoisotopic (exact) mass is 355 g/mol. The molecule has 1 aromatic carbocycles. The highest BCUT2D eigenvalue weighted by atomic mass is 79.9. The maximum Gasteiger partial charge on any atom is 0.175 e. The number of hydrogen-bond acceptors (Lipinski definition) is 3. The number of ketones is 1. The fourth-order valence-corrected chi connectivity index (χ4v) is 2.26. The second kappa shape index (κ2) is 9.00. The van der Waals surface area contributed by atoms with Gasteiger partial charge in [0, 0.05) is 0 Å². The zero-order chi connectivity index (χ0) is 15.2. The van der Waals surface area contributed by atoms with Gasteiger partial charge in [-0.3, -0.25) is 9.69 Å². The summed E-state index contributed by atoms with van der Waals surface area (Å²) < 4.78 is 5.11. The second-order valence-corrected chi connectivity index (χ2v) is 5.20. The zero-order valence-electron chi connectivity index (χ0n) is 13.6. The SMILES string of the molecule is Br.CCN(CC)C(C)(C)C(=O)C=Cc1ccc(OC)cc1. The molecule has 21 heavy (non-hydrogen) atoms. The van der Waals surface area contributed by atoms with Crippen molar-refractivity contribution in [3.05, 3.63) is 35.9 Å². The number of hydrogen-bond donors (Lipinski definition) is 0. The summed E-state index contributed by atoms with van der Waals surface area (Å²) in [6, 6.07) is 7.65. The van der Waals surface area contributed by atoms with Crippen LogP contribution in [0.2, 0.25) is 0 Å². The van der Waals surface area contributed by atoms with Crippen molar-refractivity contribution in [1.82, 2.24) is 4.90 Å². The van der Waals surface area contributed by atoms with Crippen LogP contribution in [0.5, 0.6) is 5.75 Å². The number of carbonyl (C=O) groups excluding carboxylic acids is 1. The third-order valence-electron chi connectivity index (χ3n) is 3.70. The Hall–Kier alpha value is -1.13. The van der Waals surface area contributed by atoms with E-state index in [1.54, 1.807) is 13.2 Å². The van der Waals surface area contributed by atoms with Crippen molar-refractivity contribution in [3.63, 3.8) is 0 Å². The minimum absolute atomic E-state index is 0. The molecule has 0 aliphatic carbocycles. The molecule has 0 aliphatic rings. The number of rotatable bonds is 7. The lowest BCUT2D eigenvalue weighted by atomic mass is 9.95. The molecule has 0 saturated heterocycles.